The highest BCUT2D eigenvalue weighted by Crippen LogP contribution is 2.39. The zero-order chi connectivity index (χ0) is 17.6. The fourth-order valence-corrected chi connectivity index (χ4v) is 3.24. The molecule has 1 fully saturated rings. The van der Waals surface area contributed by atoms with Crippen molar-refractivity contribution in [1.82, 2.24) is 9.88 Å². The number of fused-ring (bicyclic) bond motifs is 2. The minimum Gasteiger partial charge on any atom is -0.489 e. The van der Waals surface area contributed by atoms with Gasteiger partial charge in [-0.2, -0.15) is 0 Å². The van der Waals surface area contributed by atoms with Crippen LogP contribution in [-0.4, -0.2) is 30.3 Å². The van der Waals surface area contributed by atoms with Gasteiger partial charge in [0.1, 0.15) is 12.2 Å². The van der Waals surface area contributed by atoms with Crippen molar-refractivity contribution in [3.8, 4) is 5.75 Å². The molecule has 4 rings (SSSR count). The summed E-state index contributed by atoms with van der Waals surface area (Å²) >= 11 is 0. The third-order valence-corrected chi connectivity index (χ3v) is 4.56. The van der Waals surface area contributed by atoms with E-state index in [1.165, 1.54) is 6.20 Å². The number of benzene rings is 1. The summed E-state index contributed by atoms with van der Waals surface area (Å²) < 4.78 is 27.5. The Labute approximate surface area is 143 Å². The van der Waals surface area contributed by atoms with Gasteiger partial charge in [0.15, 0.2) is 11.6 Å². The number of halogens is 1. The topological polar surface area (TPSA) is 69.6 Å². The van der Waals surface area contributed by atoms with Gasteiger partial charge in [-0.05, 0) is 25.8 Å². The van der Waals surface area contributed by atoms with Crippen LogP contribution in [0, 0.1) is 5.82 Å². The number of aromatic nitrogens is 1. The lowest BCUT2D eigenvalue weighted by Crippen LogP contribution is -2.22. The van der Waals surface area contributed by atoms with Crippen molar-refractivity contribution in [1.29, 1.82) is 0 Å². The molecule has 1 aromatic heterocycles. The van der Waals surface area contributed by atoms with E-state index in [9.17, 15) is 9.59 Å². The largest absolute Gasteiger partial charge is 0.489 e. The molecular formula is C18H19FN2O4. The van der Waals surface area contributed by atoms with Gasteiger partial charge in [0.05, 0.1) is 17.5 Å². The van der Waals surface area contributed by atoms with Gasteiger partial charge in [-0.25, -0.2) is 9.18 Å². The molecule has 1 aliphatic heterocycles. The number of carbonyl (C=O) groups excluding carboxylic acids is 1. The number of nitrogens with one attached hydrogen (secondary N) is 1. The van der Waals surface area contributed by atoms with Crippen LogP contribution in [0.25, 0.3) is 10.9 Å². The van der Waals surface area contributed by atoms with Crippen LogP contribution in [0.5, 0.6) is 5.75 Å². The molecule has 0 amide bonds. The highest BCUT2D eigenvalue weighted by Gasteiger charge is 2.30. The Bertz CT molecular complexity index is 918. The first-order valence-corrected chi connectivity index (χ1v) is 8.52. The van der Waals surface area contributed by atoms with Crippen molar-refractivity contribution in [2.45, 2.75) is 32.4 Å². The maximum absolute atomic E-state index is 15.2. The number of hydrogen-bond donors (Lipinski definition) is 1. The van der Waals surface area contributed by atoms with Crippen molar-refractivity contribution in [2.24, 2.45) is 0 Å². The van der Waals surface area contributed by atoms with E-state index in [2.05, 4.69) is 5.32 Å². The SMILES string of the molecule is CCOC(=O)c1cn(C2CC2)c2c(F)c3c(cc2c1=O)CNCCO3. The Morgan fingerprint density at radius 3 is 3.00 bits per heavy atom. The molecule has 25 heavy (non-hydrogen) atoms. The second-order valence-corrected chi connectivity index (χ2v) is 6.33. The van der Waals surface area contributed by atoms with Gasteiger partial charge < -0.3 is 19.4 Å². The van der Waals surface area contributed by atoms with Crippen LogP contribution in [-0.2, 0) is 11.3 Å². The van der Waals surface area contributed by atoms with E-state index in [1.807, 2.05) is 0 Å². The van der Waals surface area contributed by atoms with E-state index in [0.717, 1.165) is 12.8 Å². The molecule has 6 nitrogen and oxygen atoms in total. The molecule has 0 spiro atoms. The van der Waals surface area contributed by atoms with Gasteiger partial charge >= 0.3 is 5.97 Å². The Balaban J connectivity index is 2.02. The van der Waals surface area contributed by atoms with Crippen LogP contribution in [0.3, 0.4) is 0 Å². The lowest BCUT2D eigenvalue weighted by atomic mass is 10.1. The first kappa shape index (κ1) is 16.1. The highest BCUT2D eigenvalue weighted by molar-refractivity contribution is 5.94. The summed E-state index contributed by atoms with van der Waals surface area (Å²) in [5, 5.41) is 3.33. The van der Waals surface area contributed by atoms with Crippen LogP contribution in [0.1, 0.15) is 41.7 Å². The van der Waals surface area contributed by atoms with Crippen molar-refractivity contribution in [2.75, 3.05) is 19.8 Å². The number of rotatable bonds is 3. The fraction of sp³-hybridized carbons (Fsp3) is 0.444. The number of hydrogen-bond acceptors (Lipinski definition) is 5. The zero-order valence-corrected chi connectivity index (χ0v) is 13.9. The lowest BCUT2D eigenvalue weighted by Gasteiger charge is -2.16. The van der Waals surface area contributed by atoms with Crippen molar-refractivity contribution in [3.05, 3.63) is 39.4 Å². The van der Waals surface area contributed by atoms with Gasteiger partial charge in [0.2, 0.25) is 5.43 Å². The number of ether oxygens (including phenoxy) is 2. The smallest absolute Gasteiger partial charge is 0.343 e. The second kappa shape index (κ2) is 6.15. The van der Waals surface area contributed by atoms with E-state index < -0.39 is 17.2 Å². The van der Waals surface area contributed by atoms with Gasteiger partial charge in [0.25, 0.3) is 0 Å². The molecule has 0 saturated heterocycles. The average Bonchev–Trinajstić information content (AvgIpc) is 3.42. The first-order chi connectivity index (χ1) is 12.1. The van der Waals surface area contributed by atoms with Crippen LogP contribution in [0.4, 0.5) is 4.39 Å². The van der Waals surface area contributed by atoms with Crippen LogP contribution < -0.4 is 15.5 Å². The summed E-state index contributed by atoms with van der Waals surface area (Å²) in [6.45, 7) is 3.24. The maximum atomic E-state index is 15.2. The summed E-state index contributed by atoms with van der Waals surface area (Å²) in [5.74, 6) is -1.01. The first-order valence-electron chi connectivity index (χ1n) is 8.52. The van der Waals surface area contributed by atoms with Gasteiger partial charge in [-0.3, -0.25) is 4.79 Å². The molecular weight excluding hydrogens is 327 g/mol. The molecule has 1 aromatic carbocycles. The summed E-state index contributed by atoms with van der Waals surface area (Å²) in [5.41, 5.74) is 0.239. The Hall–Kier alpha value is -2.41. The molecule has 1 N–H and O–H groups in total. The predicted octanol–water partition coefficient (Wildman–Crippen LogP) is 2.13. The predicted molar refractivity (Wildman–Crippen MR) is 89.6 cm³/mol. The average molecular weight is 346 g/mol. The Morgan fingerprint density at radius 2 is 2.28 bits per heavy atom. The molecule has 0 bridgehead atoms. The van der Waals surface area contributed by atoms with E-state index in [1.54, 1.807) is 17.6 Å². The number of nitrogens with zero attached hydrogens (tertiary/aromatic N) is 1. The number of esters is 1. The van der Waals surface area contributed by atoms with Crippen LogP contribution in [0.15, 0.2) is 17.1 Å². The van der Waals surface area contributed by atoms with Crippen LogP contribution >= 0.6 is 0 Å². The molecule has 0 radical (unpaired) electrons. The third kappa shape index (κ3) is 2.68. The Morgan fingerprint density at radius 1 is 1.48 bits per heavy atom. The Kier molecular flexibility index (Phi) is 3.95. The van der Waals surface area contributed by atoms with Gasteiger partial charge in [0, 0.05) is 30.9 Å². The molecule has 7 heteroatoms. The van der Waals surface area contributed by atoms with Crippen molar-refractivity contribution >= 4 is 16.9 Å². The van der Waals surface area contributed by atoms with Crippen molar-refractivity contribution in [3.63, 3.8) is 0 Å². The molecule has 1 saturated carbocycles. The summed E-state index contributed by atoms with van der Waals surface area (Å²) in [4.78, 5) is 25.0. The summed E-state index contributed by atoms with van der Waals surface area (Å²) in [6, 6.07) is 1.73. The van der Waals surface area contributed by atoms with Crippen molar-refractivity contribution < 1.29 is 18.7 Å². The minimum atomic E-state index is -0.673. The highest BCUT2D eigenvalue weighted by atomic mass is 19.1. The third-order valence-electron chi connectivity index (χ3n) is 4.56. The molecule has 1 aliphatic carbocycles. The summed E-state index contributed by atoms with van der Waals surface area (Å²) in [6.07, 6.45) is 3.21. The maximum Gasteiger partial charge on any atom is 0.343 e. The van der Waals surface area contributed by atoms with E-state index in [4.69, 9.17) is 9.47 Å². The second-order valence-electron chi connectivity index (χ2n) is 6.33. The lowest BCUT2D eigenvalue weighted by molar-refractivity contribution is 0.0524. The van der Waals surface area contributed by atoms with E-state index >= 15 is 4.39 Å². The number of pyridine rings is 1. The summed E-state index contributed by atoms with van der Waals surface area (Å²) in [7, 11) is 0. The minimum absolute atomic E-state index is 0.0527. The molecule has 132 valence electrons. The quantitative estimate of drug-likeness (QED) is 0.863. The van der Waals surface area contributed by atoms with Gasteiger partial charge in [-0.1, -0.05) is 0 Å². The normalized spacial score (nSPS) is 16.9. The molecule has 2 heterocycles. The fourth-order valence-electron chi connectivity index (χ4n) is 3.24. The van der Waals surface area contributed by atoms with E-state index in [-0.39, 0.29) is 34.9 Å². The zero-order valence-electron chi connectivity index (χ0n) is 13.9. The standard InChI is InChI=1S/C18H19FN2O4/c1-2-24-18(23)13-9-21(11-3-4-11)15-12(16(13)22)7-10-8-20-5-6-25-17(10)14(15)19/h7,9,11,20H,2-6,8H2,1H3. The van der Waals surface area contributed by atoms with Gasteiger partial charge in [-0.15, -0.1) is 0 Å². The van der Waals surface area contributed by atoms with E-state index in [0.29, 0.717) is 25.3 Å². The molecule has 0 unspecified atom stereocenters. The monoisotopic (exact) mass is 346 g/mol. The van der Waals surface area contributed by atoms with Crippen LogP contribution in [0.2, 0.25) is 0 Å². The molecule has 0 atom stereocenters. The molecule has 2 aromatic rings. The molecule has 2 aliphatic rings. The number of carbonyl (C=O) groups is 1.